The molecule has 0 aliphatic rings. The zero-order valence-electron chi connectivity index (χ0n) is 9.77. The molecule has 0 saturated heterocycles. The Morgan fingerprint density at radius 3 is 2.44 bits per heavy atom. The highest BCUT2D eigenvalue weighted by Crippen LogP contribution is 2.09. The van der Waals surface area contributed by atoms with Gasteiger partial charge in [-0.1, -0.05) is 12.1 Å². The number of hydrogen-bond donors (Lipinski definition) is 1. The number of anilines is 1. The van der Waals surface area contributed by atoms with Gasteiger partial charge in [-0.25, -0.2) is 4.98 Å². The Labute approximate surface area is 95.9 Å². The Hall–Kier alpha value is -1.77. The first kappa shape index (κ1) is 10.7. The molecule has 0 radical (unpaired) electrons. The third-order valence-electron chi connectivity index (χ3n) is 2.97. The van der Waals surface area contributed by atoms with Crippen LogP contribution in [-0.4, -0.2) is 9.55 Å². The van der Waals surface area contributed by atoms with Gasteiger partial charge in [0.1, 0.15) is 0 Å². The van der Waals surface area contributed by atoms with Gasteiger partial charge in [0.2, 0.25) is 0 Å². The van der Waals surface area contributed by atoms with Gasteiger partial charge in [0.25, 0.3) is 0 Å². The van der Waals surface area contributed by atoms with E-state index in [9.17, 15) is 0 Å². The summed E-state index contributed by atoms with van der Waals surface area (Å²) >= 11 is 0. The highest BCUT2D eigenvalue weighted by atomic mass is 15.0. The summed E-state index contributed by atoms with van der Waals surface area (Å²) in [5, 5.41) is 0. The average molecular weight is 215 g/mol. The second kappa shape index (κ2) is 4.39. The number of benzene rings is 1. The van der Waals surface area contributed by atoms with Crippen LogP contribution < -0.4 is 5.73 Å². The van der Waals surface area contributed by atoms with Crippen molar-refractivity contribution in [2.24, 2.45) is 0 Å². The van der Waals surface area contributed by atoms with Crippen molar-refractivity contribution in [2.75, 3.05) is 5.73 Å². The monoisotopic (exact) mass is 215 g/mol. The van der Waals surface area contributed by atoms with E-state index in [0.29, 0.717) is 0 Å². The SMILES string of the molecule is Cc1ncn(CCc2ccc(N)cc2)c1C. The van der Waals surface area contributed by atoms with E-state index in [1.54, 1.807) is 0 Å². The van der Waals surface area contributed by atoms with Crippen LogP contribution in [0.3, 0.4) is 0 Å². The Morgan fingerprint density at radius 2 is 1.88 bits per heavy atom. The first-order valence-electron chi connectivity index (χ1n) is 5.49. The fourth-order valence-electron chi connectivity index (χ4n) is 1.70. The van der Waals surface area contributed by atoms with Gasteiger partial charge < -0.3 is 10.3 Å². The maximum Gasteiger partial charge on any atom is 0.0951 e. The van der Waals surface area contributed by atoms with E-state index >= 15 is 0 Å². The number of rotatable bonds is 3. The molecule has 2 rings (SSSR count). The van der Waals surface area contributed by atoms with Crippen LogP contribution >= 0.6 is 0 Å². The molecule has 0 bridgehead atoms. The Bertz CT molecular complexity index is 468. The lowest BCUT2D eigenvalue weighted by molar-refractivity contribution is 0.677. The van der Waals surface area contributed by atoms with Crippen molar-refractivity contribution in [3.8, 4) is 0 Å². The summed E-state index contributed by atoms with van der Waals surface area (Å²) < 4.78 is 2.19. The molecule has 84 valence electrons. The smallest absolute Gasteiger partial charge is 0.0951 e. The number of hydrogen-bond acceptors (Lipinski definition) is 2. The van der Waals surface area contributed by atoms with Crippen LogP contribution in [0.5, 0.6) is 0 Å². The highest BCUT2D eigenvalue weighted by molar-refractivity contribution is 5.39. The third kappa shape index (κ3) is 2.24. The molecule has 0 fully saturated rings. The molecule has 1 aromatic heterocycles. The van der Waals surface area contributed by atoms with Crippen LogP contribution in [0.2, 0.25) is 0 Å². The molecule has 0 spiro atoms. The van der Waals surface area contributed by atoms with E-state index in [2.05, 4.69) is 28.6 Å². The largest absolute Gasteiger partial charge is 0.399 e. The lowest BCUT2D eigenvalue weighted by atomic mass is 10.1. The van der Waals surface area contributed by atoms with Gasteiger partial charge in [-0.3, -0.25) is 0 Å². The summed E-state index contributed by atoms with van der Waals surface area (Å²) in [6.45, 7) is 5.11. The number of aromatic nitrogens is 2. The second-order valence-electron chi connectivity index (χ2n) is 4.10. The van der Waals surface area contributed by atoms with Crippen molar-refractivity contribution in [3.63, 3.8) is 0 Å². The summed E-state index contributed by atoms with van der Waals surface area (Å²) in [5.74, 6) is 0. The number of aryl methyl sites for hydroxylation is 3. The third-order valence-corrected chi connectivity index (χ3v) is 2.97. The molecule has 2 N–H and O–H groups in total. The Kier molecular flexibility index (Phi) is 2.95. The molecule has 1 aromatic carbocycles. The van der Waals surface area contributed by atoms with Crippen LogP contribution in [0, 0.1) is 13.8 Å². The normalized spacial score (nSPS) is 10.6. The molecule has 0 amide bonds. The predicted octanol–water partition coefficient (Wildman–Crippen LogP) is 2.32. The zero-order valence-corrected chi connectivity index (χ0v) is 9.77. The maximum absolute atomic E-state index is 5.65. The minimum atomic E-state index is 0.818. The highest BCUT2D eigenvalue weighted by Gasteiger charge is 2.01. The van der Waals surface area contributed by atoms with Crippen molar-refractivity contribution < 1.29 is 0 Å². The summed E-state index contributed by atoms with van der Waals surface area (Å²) in [6, 6.07) is 8.05. The maximum atomic E-state index is 5.65. The van der Waals surface area contributed by atoms with Crippen molar-refractivity contribution in [1.29, 1.82) is 0 Å². The molecule has 2 aromatic rings. The number of nitrogen functional groups attached to an aromatic ring is 1. The number of nitrogens with zero attached hydrogens (tertiary/aromatic N) is 2. The van der Waals surface area contributed by atoms with E-state index in [-0.39, 0.29) is 0 Å². The fraction of sp³-hybridized carbons (Fsp3) is 0.308. The van der Waals surface area contributed by atoms with E-state index < -0.39 is 0 Å². The minimum Gasteiger partial charge on any atom is -0.399 e. The summed E-state index contributed by atoms with van der Waals surface area (Å²) in [5.41, 5.74) is 10.1. The van der Waals surface area contributed by atoms with Crippen LogP contribution in [-0.2, 0) is 13.0 Å². The van der Waals surface area contributed by atoms with Gasteiger partial charge in [-0.15, -0.1) is 0 Å². The lowest BCUT2D eigenvalue weighted by Crippen LogP contribution is -2.02. The fourth-order valence-corrected chi connectivity index (χ4v) is 1.70. The topological polar surface area (TPSA) is 43.8 Å². The van der Waals surface area contributed by atoms with Crippen molar-refractivity contribution >= 4 is 5.69 Å². The van der Waals surface area contributed by atoms with Gasteiger partial charge >= 0.3 is 0 Å². The number of imidazole rings is 1. The quantitative estimate of drug-likeness (QED) is 0.798. The van der Waals surface area contributed by atoms with Crippen molar-refractivity contribution in [2.45, 2.75) is 26.8 Å². The number of nitrogens with two attached hydrogens (primary N) is 1. The molecular weight excluding hydrogens is 198 g/mol. The summed E-state index contributed by atoms with van der Waals surface area (Å²) in [7, 11) is 0. The summed E-state index contributed by atoms with van der Waals surface area (Å²) in [6.07, 6.45) is 2.92. The summed E-state index contributed by atoms with van der Waals surface area (Å²) in [4.78, 5) is 4.29. The molecule has 3 nitrogen and oxygen atoms in total. The first-order chi connectivity index (χ1) is 7.66. The van der Waals surface area contributed by atoms with Gasteiger partial charge in [0.15, 0.2) is 0 Å². The van der Waals surface area contributed by atoms with E-state index in [1.165, 1.54) is 11.3 Å². The van der Waals surface area contributed by atoms with E-state index in [1.807, 2.05) is 25.4 Å². The molecule has 0 aliphatic heterocycles. The molecule has 0 unspecified atom stereocenters. The molecule has 0 saturated carbocycles. The van der Waals surface area contributed by atoms with Crippen LogP contribution in [0.4, 0.5) is 5.69 Å². The molecular formula is C13H17N3. The molecule has 0 aliphatic carbocycles. The zero-order chi connectivity index (χ0) is 11.5. The molecule has 3 heteroatoms. The molecule has 16 heavy (non-hydrogen) atoms. The van der Waals surface area contributed by atoms with Gasteiger partial charge in [-0.2, -0.15) is 0 Å². The first-order valence-corrected chi connectivity index (χ1v) is 5.49. The Morgan fingerprint density at radius 1 is 1.19 bits per heavy atom. The van der Waals surface area contributed by atoms with E-state index in [0.717, 1.165) is 24.3 Å². The predicted molar refractivity (Wildman–Crippen MR) is 66.3 cm³/mol. The Balaban J connectivity index is 2.02. The second-order valence-corrected chi connectivity index (χ2v) is 4.10. The lowest BCUT2D eigenvalue weighted by Gasteiger charge is -2.05. The van der Waals surface area contributed by atoms with Crippen LogP contribution in [0.15, 0.2) is 30.6 Å². The van der Waals surface area contributed by atoms with Crippen molar-refractivity contribution in [3.05, 3.63) is 47.5 Å². The van der Waals surface area contributed by atoms with Crippen molar-refractivity contribution in [1.82, 2.24) is 9.55 Å². The van der Waals surface area contributed by atoms with Gasteiger partial charge in [-0.05, 0) is 38.0 Å². The van der Waals surface area contributed by atoms with Gasteiger partial charge in [0, 0.05) is 17.9 Å². The van der Waals surface area contributed by atoms with Gasteiger partial charge in [0.05, 0.1) is 12.0 Å². The van der Waals surface area contributed by atoms with E-state index in [4.69, 9.17) is 5.73 Å². The molecule has 0 atom stereocenters. The molecule has 1 heterocycles. The standard InChI is InChI=1S/C13H17N3/c1-10-11(2)16(9-15-10)8-7-12-3-5-13(14)6-4-12/h3-6,9H,7-8,14H2,1-2H3. The van der Waals surface area contributed by atoms with Crippen LogP contribution in [0.1, 0.15) is 17.0 Å². The van der Waals surface area contributed by atoms with Crippen LogP contribution in [0.25, 0.3) is 0 Å². The minimum absolute atomic E-state index is 0.818. The average Bonchev–Trinajstić information content (AvgIpc) is 2.60.